The molecule has 0 radical (unpaired) electrons. The normalized spacial score (nSPS) is 14.7. The van der Waals surface area contributed by atoms with Gasteiger partial charge in [0.1, 0.15) is 22.1 Å². The first-order chi connectivity index (χ1) is 26.1. The van der Waals surface area contributed by atoms with Crippen molar-refractivity contribution in [3.8, 4) is 44.5 Å². The number of fused-ring (bicyclic) bond motifs is 11. The summed E-state index contributed by atoms with van der Waals surface area (Å²) in [5.74, 6) is 0. The predicted molar refractivity (Wildman–Crippen MR) is 220 cm³/mol. The third kappa shape index (κ3) is 4.08. The van der Waals surface area contributed by atoms with Crippen LogP contribution in [0.5, 0.6) is 0 Å². The minimum Gasteiger partial charge on any atom is -0.456 e. The first-order valence-electron chi connectivity index (χ1n) is 18.5. The largest absolute Gasteiger partial charge is 0.456 e. The Bertz CT molecular complexity index is 3260. The van der Waals surface area contributed by atoms with Crippen molar-refractivity contribution in [1.82, 2.24) is 0 Å². The van der Waals surface area contributed by atoms with E-state index in [1.165, 1.54) is 44.5 Å². The van der Waals surface area contributed by atoms with Gasteiger partial charge in [-0.3, -0.25) is 9.59 Å². The molecule has 0 aliphatic heterocycles. The predicted octanol–water partition coefficient (Wildman–Crippen LogP) is 12.2. The second-order valence-electron chi connectivity index (χ2n) is 16.0. The van der Waals surface area contributed by atoms with Gasteiger partial charge in [0, 0.05) is 10.8 Å². The van der Waals surface area contributed by atoms with Crippen LogP contribution in [0.15, 0.2) is 152 Å². The van der Waals surface area contributed by atoms with Crippen LogP contribution in [0.1, 0.15) is 49.9 Å². The Labute approximate surface area is 310 Å². The average molecular weight is 699 g/mol. The van der Waals surface area contributed by atoms with Gasteiger partial charge >= 0.3 is 0 Å². The summed E-state index contributed by atoms with van der Waals surface area (Å²) >= 11 is 0. The fraction of sp³-hybridized carbons (Fsp3) is 0.120. The lowest BCUT2D eigenvalue weighted by Crippen LogP contribution is -2.14. The van der Waals surface area contributed by atoms with Crippen molar-refractivity contribution < 1.29 is 8.83 Å². The lowest BCUT2D eigenvalue weighted by atomic mass is 9.82. The maximum atomic E-state index is 14.5. The maximum absolute atomic E-state index is 14.5. The van der Waals surface area contributed by atoms with Crippen LogP contribution in [0.25, 0.3) is 88.4 Å². The van der Waals surface area contributed by atoms with E-state index in [-0.39, 0.29) is 32.7 Å². The number of benzene rings is 7. The second-order valence-corrected chi connectivity index (χ2v) is 16.0. The minimum absolute atomic E-state index is 0.0861. The van der Waals surface area contributed by atoms with Crippen molar-refractivity contribution in [2.45, 2.75) is 38.5 Å². The smallest absolute Gasteiger partial charge is 0.204 e. The molecule has 0 amide bonds. The molecule has 0 spiro atoms. The minimum atomic E-state index is -0.232. The Morgan fingerprint density at radius 2 is 0.889 bits per heavy atom. The number of hydrogen-bond donors (Lipinski definition) is 0. The fourth-order valence-electron chi connectivity index (χ4n) is 9.41. The molecule has 0 fully saturated rings. The molecule has 4 heteroatoms. The van der Waals surface area contributed by atoms with Crippen LogP contribution in [0.3, 0.4) is 0 Å². The molecule has 2 aliphatic carbocycles. The summed E-state index contributed by atoms with van der Waals surface area (Å²) in [5.41, 5.74) is 15.0. The molecule has 0 bridgehead atoms. The van der Waals surface area contributed by atoms with Gasteiger partial charge in [0.05, 0.1) is 16.2 Å². The van der Waals surface area contributed by atoms with Crippen molar-refractivity contribution in [1.29, 1.82) is 0 Å². The standard InChI is InChI=1S/C50H34O4/c1-49(2)38-11-7-5-9-31(38)35-23-27(14-19-40(35)49)29-16-21-42-37(25-29)47(52)45-43(53-42)22-18-34-46(51)33-17-13-30(26-44(33)54-48(34)45)28-15-20-41-36(24-28)32-10-6-8-12-39(32)50(41,3)4/h5-26H,1-4H3. The van der Waals surface area contributed by atoms with Crippen LogP contribution >= 0.6 is 0 Å². The average Bonchev–Trinajstić information content (AvgIpc) is 3.56. The van der Waals surface area contributed by atoms with Crippen molar-refractivity contribution in [3.05, 3.63) is 176 Å². The Morgan fingerprint density at radius 1 is 0.389 bits per heavy atom. The highest BCUT2D eigenvalue weighted by Gasteiger charge is 2.36. The second kappa shape index (κ2) is 10.5. The van der Waals surface area contributed by atoms with E-state index in [0.29, 0.717) is 32.9 Å². The molecule has 7 aromatic carbocycles. The monoisotopic (exact) mass is 698 g/mol. The summed E-state index contributed by atoms with van der Waals surface area (Å²) in [6.07, 6.45) is 0. The molecule has 0 saturated heterocycles. The van der Waals surface area contributed by atoms with E-state index < -0.39 is 0 Å². The molecule has 0 atom stereocenters. The van der Waals surface area contributed by atoms with E-state index >= 15 is 0 Å². The van der Waals surface area contributed by atoms with Gasteiger partial charge < -0.3 is 8.83 Å². The highest BCUT2D eigenvalue weighted by Crippen LogP contribution is 2.51. The van der Waals surface area contributed by atoms with Gasteiger partial charge in [-0.1, -0.05) is 113 Å². The lowest BCUT2D eigenvalue weighted by Gasteiger charge is -2.21. The first-order valence-corrected chi connectivity index (χ1v) is 18.5. The molecule has 0 unspecified atom stereocenters. The van der Waals surface area contributed by atoms with Crippen LogP contribution < -0.4 is 10.9 Å². The Morgan fingerprint density at radius 3 is 1.54 bits per heavy atom. The zero-order chi connectivity index (χ0) is 36.7. The molecule has 4 nitrogen and oxygen atoms in total. The molecular weight excluding hydrogens is 665 g/mol. The molecular formula is C50H34O4. The van der Waals surface area contributed by atoms with E-state index in [2.05, 4.69) is 113 Å². The molecule has 2 aliphatic rings. The van der Waals surface area contributed by atoms with Gasteiger partial charge in [-0.2, -0.15) is 0 Å². The number of hydrogen-bond acceptors (Lipinski definition) is 4. The molecule has 258 valence electrons. The third-order valence-corrected chi connectivity index (χ3v) is 12.3. The zero-order valence-corrected chi connectivity index (χ0v) is 30.3. The summed E-state index contributed by atoms with van der Waals surface area (Å²) < 4.78 is 12.9. The van der Waals surface area contributed by atoms with Gasteiger partial charge in [0.25, 0.3) is 0 Å². The van der Waals surface area contributed by atoms with E-state index in [1.54, 1.807) is 12.1 Å². The Balaban J connectivity index is 1.07. The quantitative estimate of drug-likeness (QED) is 0.133. The SMILES string of the molecule is CC1(C)c2ccccc2-c2cc(-c3ccc4c(=O)c5ccc6oc7ccc(-c8ccc9c(c8)-c8ccccc8C9(C)C)cc7c(=O)c6c5oc4c3)ccc21. The van der Waals surface area contributed by atoms with Crippen molar-refractivity contribution in [3.63, 3.8) is 0 Å². The van der Waals surface area contributed by atoms with E-state index in [1.807, 2.05) is 36.4 Å². The van der Waals surface area contributed by atoms with Gasteiger partial charge in [0.15, 0.2) is 5.58 Å². The van der Waals surface area contributed by atoms with Crippen molar-refractivity contribution in [2.24, 2.45) is 0 Å². The van der Waals surface area contributed by atoms with Crippen LogP contribution in [0.2, 0.25) is 0 Å². The number of rotatable bonds is 2. The van der Waals surface area contributed by atoms with Crippen LogP contribution in [0.4, 0.5) is 0 Å². The van der Waals surface area contributed by atoms with Gasteiger partial charge in [-0.15, -0.1) is 0 Å². The van der Waals surface area contributed by atoms with Gasteiger partial charge in [-0.25, -0.2) is 0 Å². The van der Waals surface area contributed by atoms with Crippen LogP contribution in [-0.2, 0) is 10.8 Å². The molecule has 11 rings (SSSR count). The summed E-state index contributed by atoms with van der Waals surface area (Å²) in [7, 11) is 0. The van der Waals surface area contributed by atoms with Gasteiger partial charge in [0.2, 0.25) is 10.9 Å². The highest BCUT2D eigenvalue weighted by molar-refractivity contribution is 6.08. The molecule has 2 heterocycles. The maximum Gasteiger partial charge on any atom is 0.204 e. The van der Waals surface area contributed by atoms with Gasteiger partial charge in [-0.05, 0) is 115 Å². The Kier molecular flexibility index (Phi) is 6.06. The molecule has 9 aromatic rings. The fourth-order valence-corrected chi connectivity index (χ4v) is 9.41. The molecule has 2 aromatic heterocycles. The Hall–Kier alpha value is -6.52. The summed E-state index contributed by atoms with van der Waals surface area (Å²) in [6.45, 7) is 9.07. The van der Waals surface area contributed by atoms with Crippen molar-refractivity contribution in [2.75, 3.05) is 0 Å². The van der Waals surface area contributed by atoms with E-state index in [0.717, 1.165) is 22.3 Å². The van der Waals surface area contributed by atoms with Crippen LogP contribution in [-0.4, -0.2) is 0 Å². The lowest BCUT2D eigenvalue weighted by molar-refractivity contribution is 0.649. The first kappa shape index (κ1) is 31.0. The zero-order valence-electron chi connectivity index (χ0n) is 30.3. The molecule has 54 heavy (non-hydrogen) atoms. The summed E-state index contributed by atoms with van der Waals surface area (Å²) in [5, 5.41) is 1.52. The third-order valence-electron chi connectivity index (χ3n) is 12.3. The summed E-state index contributed by atoms with van der Waals surface area (Å²) in [4.78, 5) is 28.5. The van der Waals surface area contributed by atoms with Crippen molar-refractivity contribution >= 4 is 43.9 Å². The molecule has 0 N–H and O–H groups in total. The van der Waals surface area contributed by atoms with Crippen LogP contribution in [0, 0.1) is 0 Å². The highest BCUT2D eigenvalue weighted by atomic mass is 16.3. The van der Waals surface area contributed by atoms with E-state index in [4.69, 9.17) is 8.83 Å². The topological polar surface area (TPSA) is 60.4 Å². The van der Waals surface area contributed by atoms with E-state index in [9.17, 15) is 9.59 Å². The summed E-state index contributed by atoms with van der Waals surface area (Å²) in [6, 6.07) is 45.2. The molecule has 0 saturated carbocycles.